The summed E-state index contributed by atoms with van der Waals surface area (Å²) in [5, 5.41) is 22.9. The van der Waals surface area contributed by atoms with Crippen LogP contribution in [-0.4, -0.2) is 25.2 Å². The Bertz CT molecular complexity index is 1260. The van der Waals surface area contributed by atoms with Gasteiger partial charge in [-0.2, -0.15) is 5.26 Å². The lowest BCUT2D eigenvalue weighted by Crippen LogP contribution is -2.15. The number of hydrogen-bond donors (Lipinski definition) is 2. The molecule has 0 saturated heterocycles. The average Bonchev–Trinajstić information content (AvgIpc) is 3.24. The highest BCUT2D eigenvalue weighted by molar-refractivity contribution is 5.73. The van der Waals surface area contributed by atoms with Crippen LogP contribution < -0.4 is 5.73 Å². The number of aromatic hydroxyl groups is 1. The predicted octanol–water partition coefficient (Wildman–Crippen LogP) is 3.95. The summed E-state index contributed by atoms with van der Waals surface area (Å²) >= 11 is 0. The van der Waals surface area contributed by atoms with E-state index in [0.29, 0.717) is 28.5 Å². The first-order valence-corrected chi connectivity index (χ1v) is 9.14. The van der Waals surface area contributed by atoms with Crippen molar-refractivity contribution >= 4 is 5.82 Å². The van der Waals surface area contributed by atoms with Crippen LogP contribution in [0.5, 0.6) is 5.75 Å². The van der Waals surface area contributed by atoms with Crippen molar-refractivity contribution in [2.45, 2.75) is 19.3 Å². The molecule has 4 aromatic rings. The van der Waals surface area contributed by atoms with Gasteiger partial charge in [0.1, 0.15) is 11.4 Å². The number of nitriles is 1. The monoisotopic (exact) mass is 398 g/mol. The maximum atomic E-state index is 9.45. The summed E-state index contributed by atoms with van der Waals surface area (Å²) in [6.07, 6.45) is 3.20. The van der Waals surface area contributed by atoms with Gasteiger partial charge in [-0.1, -0.05) is 5.16 Å². The molecule has 3 heterocycles. The van der Waals surface area contributed by atoms with Crippen molar-refractivity contribution in [3.05, 3.63) is 60.6 Å². The van der Waals surface area contributed by atoms with Gasteiger partial charge in [0.2, 0.25) is 0 Å². The first-order valence-electron chi connectivity index (χ1n) is 9.14. The Balaban J connectivity index is 1.73. The molecule has 0 saturated carbocycles. The van der Waals surface area contributed by atoms with Crippen molar-refractivity contribution in [3.8, 4) is 45.8 Å². The summed E-state index contributed by atoms with van der Waals surface area (Å²) in [4.78, 5) is 13.2. The fourth-order valence-corrected chi connectivity index (χ4v) is 2.86. The molecule has 0 atom stereocenters. The lowest BCUT2D eigenvalue weighted by molar-refractivity contribution is 0.433. The second-order valence-corrected chi connectivity index (χ2v) is 7.28. The quantitative estimate of drug-likeness (QED) is 0.527. The number of hydrogen-bond acceptors (Lipinski definition) is 8. The molecule has 3 N–H and O–H groups in total. The standard InChI is InChI=1S/C22H18N6O2/c1-22(2,12-23)19-9-14(7-8-25-19)17-11-26-21(24)20(27-17)18-10-16(28-30-18)13-3-5-15(29)6-4-13/h3-11,29H,1-2H3,(H2,24,26). The van der Waals surface area contributed by atoms with Crippen LogP contribution in [-0.2, 0) is 5.41 Å². The number of anilines is 1. The van der Waals surface area contributed by atoms with Crippen LogP contribution in [0.2, 0.25) is 0 Å². The third kappa shape index (κ3) is 3.56. The summed E-state index contributed by atoms with van der Waals surface area (Å²) in [7, 11) is 0. The predicted molar refractivity (Wildman–Crippen MR) is 111 cm³/mol. The van der Waals surface area contributed by atoms with E-state index < -0.39 is 5.41 Å². The van der Waals surface area contributed by atoms with Crippen molar-refractivity contribution in [1.82, 2.24) is 20.1 Å². The molecular formula is C22H18N6O2. The third-order valence-corrected chi connectivity index (χ3v) is 4.68. The molecule has 4 rings (SSSR count). The van der Waals surface area contributed by atoms with Crippen LogP contribution in [0.1, 0.15) is 19.5 Å². The maximum Gasteiger partial charge on any atom is 0.189 e. The highest BCUT2D eigenvalue weighted by Gasteiger charge is 2.22. The van der Waals surface area contributed by atoms with Crippen LogP contribution >= 0.6 is 0 Å². The summed E-state index contributed by atoms with van der Waals surface area (Å²) in [6.45, 7) is 3.61. The third-order valence-electron chi connectivity index (χ3n) is 4.68. The fraction of sp³-hybridized carbons (Fsp3) is 0.136. The molecule has 0 spiro atoms. The molecule has 1 aromatic carbocycles. The molecule has 0 aliphatic heterocycles. The van der Waals surface area contributed by atoms with Gasteiger partial charge < -0.3 is 15.4 Å². The minimum absolute atomic E-state index is 0.168. The lowest BCUT2D eigenvalue weighted by atomic mass is 9.90. The summed E-state index contributed by atoms with van der Waals surface area (Å²) < 4.78 is 5.45. The van der Waals surface area contributed by atoms with E-state index in [1.54, 1.807) is 62.6 Å². The smallest absolute Gasteiger partial charge is 0.189 e. The Kier molecular flexibility index (Phi) is 4.64. The normalized spacial score (nSPS) is 11.2. The fourth-order valence-electron chi connectivity index (χ4n) is 2.86. The second-order valence-electron chi connectivity index (χ2n) is 7.28. The largest absolute Gasteiger partial charge is 0.508 e. The van der Waals surface area contributed by atoms with Crippen molar-refractivity contribution < 1.29 is 9.63 Å². The molecule has 0 unspecified atom stereocenters. The molecule has 30 heavy (non-hydrogen) atoms. The van der Waals surface area contributed by atoms with Gasteiger partial charge in [-0.05, 0) is 50.2 Å². The zero-order chi connectivity index (χ0) is 21.3. The summed E-state index contributed by atoms with van der Waals surface area (Å²) in [6, 6.07) is 14.2. The molecule has 0 aliphatic rings. The van der Waals surface area contributed by atoms with Crippen LogP contribution in [0.25, 0.3) is 34.0 Å². The summed E-state index contributed by atoms with van der Waals surface area (Å²) in [5.74, 6) is 0.747. The average molecular weight is 398 g/mol. The number of phenolic OH excluding ortho intramolecular Hbond substituents is 1. The molecule has 148 valence electrons. The van der Waals surface area contributed by atoms with Crippen LogP contribution in [0.4, 0.5) is 5.82 Å². The van der Waals surface area contributed by atoms with Gasteiger partial charge in [0.05, 0.1) is 29.1 Å². The van der Waals surface area contributed by atoms with E-state index in [1.807, 2.05) is 6.07 Å². The first kappa shape index (κ1) is 19.1. The van der Waals surface area contributed by atoms with E-state index >= 15 is 0 Å². The van der Waals surface area contributed by atoms with Crippen LogP contribution in [0.3, 0.4) is 0 Å². The minimum Gasteiger partial charge on any atom is -0.508 e. The lowest BCUT2D eigenvalue weighted by Gasteiger charge is -2.15. The molecule has 0 radical (unpaired) electrons. The van der Waals surface area contributed by atoms with E-state index in [1.165, 1.54) is 0 Å². The van der Waals surface area contributed by atoms with Gasteiger partial charge >= 0.3 is 0 Å². The van der Waals surface area contributed by atoms with Gasteiger partial charge in [-0.25, -0.2) is 9.97 Å². The number of nitrogens with two attached hydrogens (primary N) is 1. The van der Waals surface area contributed by atoms with E-state index in [9.17, 15) is 10.4 Å². The number of aromatic nitrogens is 4. The van der Waals surface area contributed by atoms with E-state index in [2.05, 4.69) is 26.2 Å². The van der Waals surface area contributed by atoms with Crippen molar-refractivity contribution in [1.29, 1.82) is 5.26 Å². The maximum absolute atomic E-state index is 9.45. The molecule has 0 fully saturated rings. The second kappa shape index (κ2) is 7.29. The summed E-state index contributed by atoms with van der Waals surface area (Å²) in [5.41, 5.74) is 9.00. The molecule has 0 amide bonds. The number of pyridine rings is 1. The number of nitrogens with zero attached hydrogens (tertiary/aromatic N) is 5. The first-order chi connectivity index (χ1) is 14.4. The Labute approximate surface area is 172 Å². The Morgan fingerprint density at radius 1 is 1.03 bits per heavy atom. The van der Waals surface area contributed by atoms with Gasteiger partial charge in [0.25, 0.3) is 0 Å². The van der Waals surface area contributed by atoms with E-state index in [0.717, 1.165) is 11.1 Å². The molecule has 8 heteroatoms. The minimum atomic E-state index is -0.732. The number of benzene rings is 1. The highest BCUT2D eigenvalue weighted by Crippen LogP contribution is 2.31. The number of phenols is 1. The van der Waals surface area contributed by atoms with Crippen molar-refractivity contribution in [2.24, 2.45) is 0 Å². The van der Waals surface area contributed by atoms with Gasteiger partial charge in [0, 0.05) is 23.4 Å². The van der Waals surface area contributed by atoms with Crippen LogP contribution in [0, 0.1) is 11.3 Å². The number of nitrogen functional groups attached to an aromatic ring is 1. The highest BCUT2D eigenvalue weighted by atomic mass is 16.5. The Morgan fingerprint density at radius 3 is 2.53 bits per heavy atom. The molecule has 0 bridgehead atoms. The zero-order valence-corrected chi connectivity index (χ0v) is 16.4. The topological polar surface area (TPSA) is 135 Å². The van der Waals surface area contributed by atoms with Crippen molar-refractivity contribution in [2.75, 3.05) is 5.73 Å². The molecule has 8 nitrogen and oxygen atoms in total. The van der Waals surface area contributed by atoms with Gasteiger partial charge in [0.15, 0.2) is 17.3 Å². The SMILES string of the molecule is CC(C)(C#N)c1cc(-c2cnc(N)c(-c3cc(-c4ccc(O)cc4)no3)n2)ccn1. The molecule has 0 aliphatic carbocycles. The van der Waals surface area contributed by atoms with E-state index in [4.69, 9.17) is 10.3 Å². The molecule has 3 aromatic heterocycles. The van der Waals surface area contributed by atoms with Gasteiger partial charge in [-0.15, -0.1) is 0 Å². The Hall–Kier alpha value is -4.25. The molecular weight excluding hydrogens is 380 g/mol. The Morgan fingerprint density at radius 2 is 1.80 bits per heavy atom. The van der Waals surface area contributed by atoms with E-state index in [-0.39, 0.29) is 11.6 Å². The van der Waals surface area contributed by atoms with Crippen LogP contribution in [0.15, 0.2) is 59.4 Å². The number of rotatable bonds is 4. The van der Waals surface area contributed by atoms with Crippen molar-refractivity contribution in [3.63, 3.8) is 0 Å². The van der Waals surface area contributed by atoms with Gasteiger partial charge in [-0.3, -0.25) is 4.98 Å². The zero-order valence-electron chi connectivity index (χ0n) is 16.4.